The summed E-state index contributed by atoms with van der Waals surface area (Å²) in [5.41, 5.74) is 1.71. The number of aryl methyl sites for hydroxylation is 1. The fraction of sp³-hybridized carbons (Fsp3) is 0.235. The van der Waals surface area contributed by atoms with E-state index in [9.17, 15) is 4.79 Å². The summed E-state index contributed by atoms with van der Waals surface area (Å²) in [4.78, 5) is 22.2. The summed E-state index contributed by atoms with van der Waals surface area (Å²) in [5.74, 6) is 0.296. The van der Waals surface area contributed by atoms with Gasteiger partial charge in [-0.15, -0.1) is 11.3 Å². The summed E-state index contributed by atoms with van der Waals surface area (Å²) in [5, 5.41) is 4.11. The molecule has 0 fully saturated rings. The van der Waals surface area contributed by atoms with Gasteiger partial charge in [-0.3, -0.25) is 0 Å². The molecule has 3 aromatic rings. The van der Waals surface area contributed by atoms with Crippen LogP contribution in [0.3, 0.4) is 0 Å². The van der Waals surface area contributed by atoms with Gasteiger partial charge in [0.2, 0.25) is 0 Å². The number of anilines is 2. The lowest BCUT2D eigenvalue weighted by Crippen LogP contribution is -2.09. The van der Waals surface area contributed by atoms with E-state index in [0.29, 0.717) is 17.3 Å². The highest BCUT2D eigenvalue weighted by atomic mass is 79.9. The number of thiophene rings is 1. The number of nitrogens with zero attached hydrogens (tertiary/aromatic N) is 2. The van der Waals surface area contributed by atoms with Crippen molar-refractivity contribution in [2.24, 2.45) is 0 Å². The maximum absolute atomic E-state index is 12.3. The van der Waals surface area contributed by atoms with Crippen LogP contribution in [0, 0.1) is 6.92 Å². The van der Waals surface area contributed by atoms with Crippen molar-refractivity contribution < 1.29 is 14.3 Å². The average Bonchev–Trinajstić information content (AvgIpc) is 2.95. The zero-order valence-electron chi connectivity index (χ0n) is 13.7. The molecule has 6 nitrogen and oxygen atoms in total. The van der Waals surface area contributed by atoms with Crippen molar-refractivity contribution in [3.63, 3.8) is 0 Å². The molecule has 0 aliphatic rings. The van der Waals surface area contributed by atoms with Crippen LogP contribution in [-0.4, -0.2) is 36.3 Å². The number of hydrogen-bond acceptors (Lipinski definition) is 7. The van der Waals surface area contributed by atoms with Gasteiger partial charge in [0, 0.05) is 17.3 Å². The van der Waals surface area contributed by atoms with E-state index in [1.54, 1.807) is 7.11 Å². The van der Waals surface area contributed by atoms with Gasteiger partial charge in [-0.25, -0.2) is 14.8 Å². The molecular weight excluding hydrogens is 406 g/mol. The van der Waals surface area contributed by atoms with Crippen LogP contribution in [-0.2, 0) is 9.47 Å². The van der Waals surface area contributed by atoms with E-state index in [1.807, 2.05) is 31.2 Å². The third-order valence-corrected chi connectivity index (χ3v) is 5.25. The number of hydrogen-bond donors (Lipinski definition) is 1. The fourth-order valence-corrected chi connectivity index (χ4v) is 3.62. The molecule has 0 amide bonds. The Bertz CT molecular complexity index is 896. The Morgan fingerprint density at radius 2 is 2.00 bits per heavy atom. The molecule has 0 atom stereocenters. The van der Waals surface area contributed by atoms with E-state index in [0.717, 1.165) is 25.9 Å². The van der Waals surface area contributed by atoms with Crippen LogP contribution in [0.1, 0.15) is 15.2 Å². The largest absolute Gasteiger partial charge is 0.459 e. The van der Waals surface area contributed by atoms with Gasteiger partial charge in [0.15, 0.2) is 0 Å². The lowest BCUT2D eigenvalue weighted by molar-refractivity contribution is 0.0393. The van der Waals surface area contributed by atoms with Crippen LogP contribution in [0.4, 0.5) is 11.5 Å². The molecule has 0 saturated carbocycles. The molecule has 2 aromatic heterocycles. The highest BCUT2D eigenvalue weighted by molar-refractivity contribution is 9.10. The third-order valence-electron chi connectivity index (χ3n) is 3.54. The van der Waals surface area contributed by atoms with Gasteiger partial charge in [-0.2, -0.15) is 0 Å². The molecule has 3 rings (SSSR count). The zero-order valence-corrected chi connectivity index (χ0v) is 16.1. The maximum Gasteiger partial charge on any atom is 0.348 e. The molecule has 1 aromatic carbocycles. The lowest BCUT2D eigenvalue weighted by Gasteiger charge is -2.07. The SMILES string of the molecule is COCCOC(=O)c1sc2ncnc(Nc3ccc(Br)cc3)c2c1C. The summed E-state index contributed by atoms with van der Waals surface area (Å²) in [7, 11) is 1.56. The molecule has 130 valence electrons. The Hall–Kier alpha value is -2.03. The van der Waals surface area contributed by atoms with Crippen LogP contribution in [0.25, 0.3) is 10.2 Å². The molecule has 8 heteroatoms. The van der Waals surface area contributed by atoms with Crippen molar-refractivity contribution in [2.75, 3.05) is 25.6 Å². The number of benzene rings is 1. The van der Waals surface area contributed by atoms with E-state index in [4.69, 9.17) is 9.47 Å². The fourth-order valence-electron chi connectivity index (χ4n) is 2.31. The number of methoxy groups -OCH3 is 1. The number of nitrogens with one attached hydrogen (secondary N) is 1. The van der Waals surface area contributed by atoms with Gasteiger partial charge in [0.05, 0.1) is 12.0 Å². The minimum Gasteiger partial charge on any atom is -0.459 e. The first-order valence-corrected chi connectivity index (χ1v) is 9.14. The van der Waals surface area contributed by atoms with Gasteiger partial charge >= 0.3 is 5.97 Å². The summed E-state index contributed by atoms with van der Waals surface area (Å²) < 4.78 is 11.1. The Labute approximate surface area is 157 Å². The molecule has 0 aliphatic carbocycles. The molecule has 0 aliphatic heterocycles. The number of halogens is 1. The predicted octanol–water partition coefficient (Wildman–Crippen LogP) is 4.31. The minimum atomic E-state index is -0.368. The van der Waals surface area contributed by atoms with Crippen molar-refractivity contribution >= 4 is 55.0 Å². The molecule has 0 spiro atoms. The van der Waals surface area contributed by atoms with E-state index >= 15 is 0 Å². The summed E-state index contributed by atoms with van der Waals surface area (Å²) >= 11 is 4.72. The first-order valence-electron chi connectivity index (χ1n) is 7.53. The normalized spacial score (nSPS) is 10.8. The van der Waals surface area contributed by atoms with Gasteiger partial charge < -0.3 is 14.8 Å². The predicted molar refractivity (Wildman–Crippen MR) is 102 cm³/mol. The number of fused-ring (bicyclic) bond motifs is 1. The third kappa shape index (κ3) is 3.97. The van der Waals surface area contributed by atoms with Crippen molar-refractivity contribution in [1.82, 2.24) is 9.97 Å². The van der Waals surface area contributed by atoms with Crippen LogP contribution >= 0.6 is 27.3 Å². The smallest absolute Gasteiger partial charge is 0.348 e. The second-order valence-corrected chi connectivity index (χ2v) is 7.13. The number of ether oxygens (including phenoxy) is 2. The Morgan fingerprint density at radius 3 is 2.72 bits per heavy atom. The molecular formula is C17H16BrN3O3S. The molecule has 25 heavy (non-hydrogen) atoms. The number of carbonyl (C=O) groups is 1. The van der Waals surface area contributed by atoms with Crippen molar-refractivity contribution in [3.05, 3.63) is 45.5 Å². The Morgan fingerprint density at radius 1 is 1.24 bits per heavy atom. The topological polar surface area (TPSA) is 73.3 Å². The van der Waals surface area contributed by atoms with E-state index in [2.05, 4.69) is 31.2 Å². The molecule has 0 bridgehead atoms. The first-order chi connectivity index (χ1) is 12.1. The zero-order chi connectivity index (χ0) is 17.8. The van der Waals surface area contributed by atoms with Gasteiger partial charge in [0.1, 0.15) is 28.5 Å². The highest BCUT2D eigenvalue weighted by Gasteiger charge is 2.20. The van der Waals surface area contributed by atoms with Crippen molar-refractivity contribution in [2.45, 2.75) is 6.92 Å². The van der Waals surface area contributed by atoms with Gasteiger partial charge in [0.25, 0.3) is 0 Å². The highest BCUT2D eigenvalue weighted by Crippen LogP contribution is 2.34. The van der Waals surface area contributed by atoms with E-state index in [-0.39, 0.29) is 12.6 Å². The summed E-state index contributed by atoms with van der Waals surface area (Å²) in [6.45, 7) is 2.46. The van der Waals surface area contributed by atoms with Crippen LogP contribution in [0.5, 0.6) is 0 Å². The second-order valence-electron chi connectivity index (χ2n) is 5.22. The molecule has 2 heterocycles. The molecule has 0 saturated heterocycles. The number of aromatic nitrogens is 2. The standard InChI is InChI=1S/C17H16BrN3O3S/c1-10-13-15(21-12-5-3-11(18)4-6-12)19-9-20-16(13)25-14(10)17(22)24-8-7-23-2/h3-6,9H,7-8H2,1-2H3,(H,19,20,21). The average molecular weight is 422 g/mol. The van der Waals surface area contributed by atoms with Gasteiger partial charge in [-0.05, 0) is 36.8 Å². The van der Waals surface area contributed by atoms with E-state index < -0.39 is 0 Å². The number of rotatable bonds is 6. The molecule has 0 radical (unpaired) electrons. The Kier molecular flexibility index (Phi) is 5.62. The van der Waals surface area contributed by atoms with Crippen molar-refractivity contribution in [3.8, 4) is 0 Å². The number of esters is 1. The second kappa shape index (κ2) is 7.90. The maximum atomic E-state index is 12.3. The minimum absolute atomic E-state index is 0.221. The van der Waals surface area contributed by atoms with Crippen LogP contribution in [0.15, 0.2) is 35.1 Å². The van der Waals surface area contributed by atoms with Gasteiger partial charge in [-0.1, -0.05) is 15.9 Å². The molecule has 0 unspecified atom stereocenters. The number of carbonyl (C=O) groups excluding carboxylic acids is 1. The Balaban J connectivity index is 1.92. The summed E-state index contributed by atoms with van der Waals surface area (Å²) in [6.07, 6.45) is 1.49. The van der Waals surface area contributed by atoms with Crippen LogP contribution in [0.2, 0.25) is 0 Å². The van der Waals surface area contributed by atoms with Crippen LogP contribution < -0.4 is 5.32 Å². The first kappa shape index (κ1) is 17.8. The van der Waals surface area contributed by atoms with Crippen molar-refractivity contribution in [1.29, 1.82) is 0 Å². The lowest BCUT2D eigenvalue weighted by atomic mass is 10.2. The monoisotopic (exact) mass is 421 g/mol. The molecule has 1 N–H and O–H groups in total. The quantitative estimate of drug-likeness (QED) is 0.472. The summed E-state index contributed by atoms with van der Waals surface area (Å²) in [6, 6.07) is 7.78. The van der Waals surface area contributed by atoms with E-state index in [1.165, 1.54) is 17.7 Å².